The van der Waals surface area contributed by atoms with Gasteiger partial charge in [-0.3, -0.25) is 0 Å². The summed E-state index contributed by atoms with van der Waals surface area (Å²) in [5.41, 5.74) is 14.2. The molecule has 0 fully saturated rings. The van der Waals surface area contributed by atoms with Crippen molar-refractivity contribution in [2.75, 3.05) is 4.90 Å². The largest absolute Gasteiger partial charge is 0.310 e. The monoisotopic (exact) mass is 661 g/mol. The molecule has 1 atom stereocenters. The summed E-state index contributed by atoms with van der Waals surface area (Å²) in [6.07, 6.45) is 0. The van der Waals surface area contributed by atoms with E-state index >= 15 is 0 Å². The Bertz CT molecular complexity index is 2450. The zero-order valence-corrected chi connectivity index (χ0v) is 28.7. The Kier molecular flexibility index (Phi) is 8.05. The quantitative estimate of drug-likeness (QED) is 0.160. The van der Waals surface area contributed by atoms with Crippen LogP contribution in [0.15, 0.2) is 212 Å². The predicted molar refractivity (Wildman–Crippen MR) is 217 cm³/mol. The Labute approximate surface area is 306 Å². The smallest absolute Gasteiger partial charge is 0.110 e. The van der Waals surface area contributed by atoms with Crippen LogP contribution in [-0.2, 0) is 5.41 Å². The van der Waals surface area contributed by atoms with Crippen LogP contribution in [0.3, 0.4) is 0 Å². The van der Waals surface area contributed by atoms with Gasteiger partial charge in [-0.15, -0.1) is 0 Å². The van der Waals surface area contributed by atoms with Gasteiger partial charge in [-0.1, -0.05) is 182 Å². The van der Waals surface area contributed by atoms with Gasteiger partial charge in [0.2, 0.25) is 0 Å². The first-order chi connectivity index (χ1) is 25.8. The number of hydrogen-bond acceptors (Lipinski definition) is 1. The second kappa shape index (κ2) is 13.4. The maximum absolute atomic E-state index is 3.92. The summed E-state index contributed by atoms with van der Waals surface area (Å²) in [5, 5.41) is 0. The lowest BCUT2D eigenvalue weighted by molar-refractivity contribution is 0.835. The second-order valence-electron chi connectivity index (χ2n) is 13.1. The molecule has 1 heteroatoms. The highest BCUT2D eigenvalue weighted by atomic mass is 15.1. The lowest BCUT2D eigenvalue weighted by atomic mass is 9.72. The molecule has 0 radical (unpaired) electrons. The van der Waals surface area contributed by atoms with Gasteiger partial charge in [0.25, 0.3) is 0 Å². The van der Waals surface area contributed by atoms with Gasteiger partial charge in [0.1, 0.15) is 5.41 Å². The molecule has 0 saturated carbocycles. The Balaban J connectivity index is 1.30. The van der Waals surface area contributed by atoms with Crippen LogP contribution in [0.5, 0.6) is 0 Å². The molecule has 0 amide bonds. The summed E-state index contributed by atoms with van der Waals surface area (Å²) in [7, 11) is 0. The minimum atomic E-state index is -0.730. The average Bonchev–Trinajstić information content (AvgIpc) is 3.53. The SMILES string of the molecule is C(#CC1(c2ccccc2)c2ccccc2-c2cccc(N(c3ccc(-c4ccccc4)cc3)c3ccc(-c4ccccc4)cc3)c21)c1ccccc1. The van der Waals surface area contributed by atoms with Gasteiger partial charge in [-0.25, -0.2) is 0 Å². The number of rotatable bonds is 6. The van der Waals surface area contributed by atoms with Crippen molar-refractivity contribution in [2.24, 2.45) is 0 Å². The molecule has 9 rings (SSSR count). The van der Waals surface area contributed by atoms with Gasteiger partial charge >= 0.3 is 0 Å². The minimum Gasteiger partial charge on any atom is -0.310 e. The second-order valence-corrected chi connectivity index (χ2v) is 13.1. The summed E-state index contributed by atoms with van der Waals surface area (Å²) in [4.78, 5) is 2.41. The molecule has 1 unspecified atom stereocenters. The Morgan fingerprint density at radius 1 is 0.365 bits per heavy atom. The summed E-state index contributed by atoms with van der Waals surface area (Å²) in [6, 6.07) is 75.7. The standard InChI is InChI=1S/C51H35N/c1-5-16-38(17-6-1)36-37-51(43-22-11-4-12-23-43)48-26-14-13-24-46(48)47-25-15-27-49(50(47)51)52(44-32-28-41(29-33-44)39-18-7-2-8-19-39)45-34-30-42(31-35-45)40-20-9-3-10-21-40/h1-35H. The van der Waals surface area contributed by atoms with E-state index in [1.807, 2.05) is 6.07 Å². The van der Waals surface area contributed by atoms with E-state index in [-0.39, 0.29) is 0 Å². The van der Waals surface area contributed by atoms with Gasteiger partial charge in [0.05, 0.1) is 5.69 Å². The first kappa shape index (κ1) is 31.1. The van der Waals surface area contributed by atoms with Gasteiger partial charge < -0.3 is 4.90 Å². The van der Waals surface area contributed by atoms with Crippen molar-refractivity contribution in [3.63, 3.8) is 0 Å². The summed E-state index contributed by atoms with van der Waals surface area (Å²) in [5.74, 6) is 7.56. The molecule has 0 heterocycles. The van der Waals surface area contributed by atoms with E-state index in [1.165, 1.54) is 44.5 Å². The number of nitrogens with zero attached hydrogens (tertiary/aromatic N) is 1. The number of fused-ring (bicyclic) bond motifs is 3. The first-order valence-electron chi connectivity index (χ1n) is 17.8. The number of anilines is 3. The fourth-order valence-electron chi connectivity index (χ4n) is 7.70. The van der Waals surface area contributed by atoms with Crippen LogP contribution in [0.4, 0.5) is 17.1 Å². The predicted octanol–water partition coefficient (Wildman–Crippen LogP) is 12.9. The molecule has 0 saturated heterocycles. The van der Waals surface area contributed by atoms with E-state index in [2.05, 4.69) is 223 Å². The Morgan fingerprint density at radius 3 is 1.40 bits per heavy atom. The number of benzene rings is 8. The van der Waals surface area contributed by atoms with E-state index in [9.17, 15) is 0 Å². The van der Waals surface area contributed by atoms with Crippen molar-refractivity contribution in [3.05, 3.63) is 235 Å². The highest BCUT2D eigenvalue weighted by Gasteiger charge is 2.46. The molecule has 0 bridgehead atoms. The molecule has 8 aromatic carbocycles. The summed E-state index contributed by atoms with van der Waals surface area (Å²) in [6.45, 7) is 0. The molecule has 8 aromatic rings. The fourth-order valence-corrected chi connectivity index (χ4v) is 7.70. The summed E-state index contributed by atoms with van der Waals surface area (Å²) < 4.78 is 0. The van der Waals surface area contributed by atoms with Crippen molar-refractivity contribution in [1.29, 1.82) is 0 Å². The molecular weight excluding hydrogens is 627 g/mol. The molecule has 0 aromatic heterocycles. The lowest BCUT2D eigenvalue weighted by Gasteiger charge is -2.34. The molecule has 0 spiro atoms. The highest BCUT2D eigenvalue weighted by molar-refractivity contribution is 5.94. The van der Waals surface area contributed by atoms with Gasteiger partial charge in [-0.05, 0) is 87.0 Å². The van der Waals surface area contributed by atoms with Gasteiger partial charge in [0.15, 0.2) is 0 Å². The molecule has 1 nitrogen and oxygen atoms in total. The minimum absolute atomic E-state index is 0.730. The summed E-state index contributed by atoms with van der Waals surface area (Å²) >= 11 is 0. The van der Waals surface area contributed by atoms with Gasteiger partial charge in [0, 0.05) is 22.5 Å². The van der Waals surface area contributed by atoms with Gasteiger partial charge in [-0.2, -0.15) is 0 Å². The molecular formula is C51H35N. The van der Waals surface area contributed by atoms with Crippen molar-refractivity contribution < 1.29 is 0 Å². The first-order valence-corrected chi connectivity index (χ1v) is 17.8. The molecule has 1 aliphatic carbocycles. The Morgan fingerprint density at radius 2 is 0.827 bits per heavy atom. The van der Waals surface area contributed by atoms with Crippen LogP contribution < -0.4 is 4.90 Å². The van der Waals surface area contributed by atoms with Crippen LogP contribution in [0.1, 0.15) is 22.3 Å². The molecule has 1 aliphatic rings. The van der Waals surface area contributed by atoms with Crippen LogP contribution >= 0.6 is 0 Å². The average molecular weight is 662 g/mol. The topological polar surface area (TPSA) is 3.24 Å². The van der Waals surface area contributed by atoms with E-state index < -0.39 is 5.41 Å². The third kappa shape index (κ3) is 5.48. The number of hydrogen-bond donors (Lipinski definition) is 0. The van der Waals surface area contributed by atoms with Crippen LogP contribution in [0.25, 0.3) is 33.4 Å². The van der Waals surface area contributed by atoms with E-state index in [0.717, 1.165) is 28.2 Å². The van der Waals surface area contributed by atoms with E-state index in [4.69, 9.17) is 0 Å². The molecule has 52 heavy (non-hydrogen) atoms. The van der Waals surface area contributed by atoms with E-state index in [1.54, 1.807) is 0 Å². The zero-order chi connectivity index (χ0) is 34.7. The van der Waals surface area contributed by atoms with Crippen molar-refractivity contribution in [3.8, 4) is 45.2 Å². The van der Waals surface area contributed by atoms with Crippen LogP contribution in [0.2, 0.25) is 0 Å². The van der Waals surface area contributed by atoms with Crippen molar-refractivity contribution >= 4 is 17.1 Å². The Hall–Kier alpha value is -6.88. The van der Waals surface area contributed by atoms with Crippen molar-refractivity contribution in [1.82, 2.24) is 0 Å². The third-order valence-electron chi connectivity index (χ3n) is 10.1. The van der Waals surface area contributed by atoms with E-state index in [0.29, 0.717) is 0 Å². The zero-order valence-electron chi connectivity index (χ0n) is 28.7. The van der Waals surface area contributed by atoms with Crippen molar-refractivity contribution in [2.45, 2.75) is 5.41 Å². The van der Waals surface area contributed by atoms with Crippen LogP contribution in [0, 0.1) is 11.8 Å². The molecule has 0 N–H and O–H groups in total. The molecule has 0 aliphatic heterocycles. The normalized spacial score (nSPS) is 14.1. The maximum atomic E-state index is 3.92. The van der Waals surface area contributed by atoms with Crippen LogP contribution in [-0.4, -0.2) is 0 Å². The maximum Gasteiger partial charge on any atom is 0.110 e. The highest BCUT2D eigenvalue weighted by Crippen LogP contribution is 2.57. The fraction of sp³-hybridized carbons (Fsp3) is 0.0196. The molecule has 244 valence electrons. The lowest BCUT2D eigenvalue weighted by Crippen LogP contribution is -2.27. The third-order valence-corrected chi connectivity index (χ3v) is 10.1.